The van der Waals surface area contributed by atoms with Crippen LogP contribution in [-0.2, 0) is 11.3 Å². The highest BCUT2D eigenvalue weighted by atomic mass is 16.7. The van der Waals surface area contributed by atoms with Gasteiger partial charge < -0.3 is 4.84 Å². The summed E-state index contributed by atoms with van der Waals surface area (Å²) in [5.74, 6) is -0.247. The first kappa shape index (κ1) is 15.8. The summed E-state index contributed by atoms with van der Waals surface area (Å²) in [6.07, 6.45) is 4.25. The van der Waals surface area contributed by atoms with E-state index in [1.165, 1.54) is 12.0 Å². The van der Waals surface area contributed by atoms with Gasteiger partial charge in [0.2, 0.25) is 0 Å². The van der Waals surface area contributed by atoms with Crippen LogP contribution in [0, 0.1) is 6.92 Å². The summed E-state index contributed by atoms with van der Waals surface area (Å²) in [5, 5.41) is 1.89. The van der Waals surface area contributed by atoms with Crippen LogP contribution in [0.25, 0.3) is 0 Å². The second-order valence-corrected chi connectivity index (χ2v) is 6.17. The lowest BCUT2D eigenvalue weighted by Gasteiger charge is -2.34. The van der Waals surface area contributed by atoms with Gasteiger partial charge in [0.25, 0.3) is 0 Å². The molecule has 2 aromatic rings. The molecule has 1 unspecified atom stereocenters. The van der Waals surface area contributed by atoms with Crippen LogP contribution in [0.15, 0.2) is 54.6 Å². The molecule has 0 saturated carbocycles. The molecule has 0 amide bonds. The van der Waals surface area contributed by atoms with Crippen molar-refractivity contribution in [1.82, 2.24) is 5.06 Å². The fourth-order valence-corrected chi connectivity index (χ4v) is 3.14. The Balaban J connectivity index is 1.69. The third-order valence-electron chi connectivity index (χ3n) is 4.45. The Morgan fingerprint density at radius 2 is 1.83 bits per heavy atom. The van der Waals surface area contributed by atoms with Crippen molar-refractivity contribution >= 4 is 5.97 Å². The maximum atomic E-state index is 12.5. The molecule has 1 saturated heterocycles. The number of hydroxylamine groups is 2. The van der Waals surface area contributed by atoms with Crippen LogP contribution in [-0.4, -0.2) is 23.6 Å². The van der Waals surface area contributed by atoms with Crippen molar-refractivity contribution in [3.8, 4) is 0 Å². The van der Waals surface area contributed by atoms with Crippen molar-refractivity contribution in [1.29, 1.82) is 0 Å². The second-order valence-electron chi connectivity index (χ2n) is 6.17. The van der Waals surface area contributed by atoms with Gasteiger partial charge in [0, 0.05) is 6.54 Å². The number of nitrogens with zero attached hydrogens (tertiary/aromatic N) is 1. The van der Waals surface area contributed by atoms with Gasteiger partial charge in [-0.1, -0.05) is 55.0 Å². The first-order chi connectivity index (χ1) is 11.2. The molecule has 2 aromatic carbocycles. The minimum Gasteiger partial charge on any atom is -0.364 e. The molecular weight excluding hydrogens is 286 g/mol. The van der Waals surface area contributed by atoms with Crippen LogP contribution in [0.5, 0.6) is 0 Å². The molecule has 1 fully saturated rings. The minimum atomic E-state index is -0.247. The zero-order chi connectivity index (χ0) is 16.1. The Morgan fingerprint density at radius 3 is 2.61 bits per heavy atom. The maximum absolute atomic E-state index is 12.5. The van der Waals surface area contributed by atoms with Crippen molar-refractivity contribution in [3.05, 3.63) is 71.3 Å². The van der Waals surface area contributed by atoms with E-state index in [9.17, 15) is 4.79 Å². The van der Waals surface area contributed by atoms with Crippen LogP contribution in [0.2, 0.25) is 0 Å². The van der Waals surface area contributed by atoms with E-state index in [2.05, 4.69) is 24.3 Å². The van der Waals surface area contributed by atoms with Crippen molar-refractivity contribution in [2.75, 3.05) is 6.54 Å². The summed E-state index contributed by atoms with van der Waals surface area (Å²) < 4.78 is 0. The molecule has 120 valence electrons. The topological polar surface area (TPSA) is 29.5 Å². The van der Waals surface area contributed by atoms with E-state index < -0.39 is 0 Å². The van der Waals surface area contributed by atoms with E-state index in [1.54, 1.807) is 0 Å². The van der Waals surface area contributed by atoms with Crippen LogP contribution in [0.3, 0.4) is 0 Å². The summed E-state index contributed by atoms with van der Waals surface area (Å²) in [4.78, 5) is 18.2. The highest BCUT2D eigenvalue weighted by molar-refractivity contribution is 5.90. The van der Waals surface area contributed by atoms with Gasteiger partial charge >= 0.3 is 5.97 Å². The van der Waals surface area contributed by atoms with Crippen molar-refractivity contribution in [2.24, 2.45) is 0 Å². The molecule has 0 N–H and O–H groups in total. The summed E-state index contributed by atoms with van der Waals surface area (Å²) in [6.45, 7) is 2.75. The Labute approximate surface area is 137 Å². The molecule has 1 heterocycles. The molecule has 0 spiro atoms. The predicted octanol–water partition coefficient (Wildman–Crippen LogP) is 4.16. The molecule has 0 aromatic heterocycles. The lowest BCUT2D eigenvalue weighted by molar-refractivity contribution is -0.150. The van der Waals surface area contributed by atoms with E-state index in [4.69, 9.17) is 4.84 Å². The molecule has 3 rings (SSSR count). The van der Waals surface area contributed by atoms with Gasteiger partial charge in [0.05, 0.1) is 11.6 Å². The smallest absolute Gasteiger partial charge is 0.357 e. The zero-order valence-electron chi connectivity index (χ0n) is 13.6. The van der Waals surface area contributed by atoms with Gasteiger partial charge in [-0.2, -0.15) is 0 Å². The molecule has 1 aliphatic heterocycles. The summed E-state index contributed by atoms with van der Waals surface area (Å²) in [5.41, 5.74) is 2.89. The Kier molecular flexibility index (Phi) is 5.09. The average Bonchev–Trinajstić information content (AvgIpc) is 2.58. The Bertz CT molecular complexity index is 654. The van der Waals surface area contributed by atoms with Crippen molar-refractivity contribution in [3.63, 3.8) is 0 Å². The average molecular weight is 309 g/mol. The second kappa shape index (κ2) is 7.42. The molecule has 3 heteroatoms. The van der Waals surface area contributed by atoms with Gasteiger partial charge in [-0.15, -0.1) is 5.06 Å². The van der Waals surface area contributed by atoms with E-state index in [0.29, 0.717) is 5.56 Å². The zero-order valence-corrected chi connectivity index (χ0v) is 13.6. The Hall–Kier alpha value is -2.13. The highest BCUT2D eigenvalue weighted by Crippen LogP contribution is 2.22. The lowest BCUT2D eigenvalue weighted by Crippen LogP contribution is -2.42. The number of benzene rings is 2. The molecule has 1 atom stereocenters. The standard InChI is InChI=1S/C20H23NO2/c1-16-9-5-6-13-19(16)20(22)23-21-14-8-7-12-18(21)15-17-10-3-2-4-11-17/h2-6,9-11,13,18H,7-8,12,14-15H2,1H3. The van der Waals surface area contributed by atoms with Crippen LogP contribution in [0.1, 0.15) is 40.7 Å². The van der Waals surface area contributed by atoms with E-state index >= 15 is 0 Å². The summed E-state index contributed by atoms with van der Waals surface area (Å²) >= 11 is 0. The normalized spacial score (nSPS) is 18.6. The van der Waals surface area contributed by atoms with Gasteiger partial charge in [-0.3, -0.25) is 0 Å². The van der Waals surface area contributed by atoms with Gasteiger partial charge in [-0.05, 0) is 43.4 Å². The van der Waals surface area contributed by atoms with Gasteiger partial charge in [0.15, 0.2) is 0 Å². The van der Waals surface area contributed by atoms with Crippen LogP contribution in [0.4, 0.5) is 0 Å². The minimum absolute atomic E-state index is 0.247. The van der Waals surface area contributed by atoms with E-state index in [1.807, 2.05) is 42.3 Å². The summed E-state index contributed by atoms with van der Waals surface area (Å²) in [7, 11) is 0. The van der Waals surface area contributed by atoms with E-state index in [-0.39, 0.29) is 12.0 Å². The predicted molar refractivity (Wildman–Crippen MR) is 91.1 cm³/mol. The van der Waals surface area contributed by atoms with Crippen molar-refractivity contribution in [2.45, 2.75) is 38.6 Å². The fraction of sp³-hybridized carbons (Fsp3) is 0.350. The van der Waals surface area contributed by atoms with Gasteiger partial charge in [-0.25, -0.2) is 4.79 Å². The molecule has 3 nitrogen and oxygen atoms in total. The number of aryl methyl sites for hydroxylation is 1. The van der Waals surface area contributed by atoms with E-state index in [0.717, 1.165) is 31.4 Å². The van der Waals surface area contributed by atoms with Crippen LogP contribution < -0.4 is 0 Å². The maximum Gasteiger partial charge on any atom is 0.357 e. The third kappa shape index (κ3) is 3.99. The fourth-order valence-electron chi connectivity index (χ4n) is 3.14. The molecule has 0 aliphatic carbocycles. The quantitative estimate of drug-likeness (QED) is 0.849. The summed E-state index contributed by atoms with van der Waals surface area (Å²) in [6, 6.07) is 18.3. The molecule has 1 aliphatic rings. The number of carbonyl (C=O) groups is 1. The first-order valence-corrected chi connectivity index (χ1v) is 8.32. The molecular formula is C20H23NO2. The van der Waals surface area contributed by atoms with Crippen molar-refractivity contribution < 1.29 is 9.63 Å². The third-order valence-corrected chi connectivity index (χ3v) is 4.45. The molecule has 23 heavy (non-hydrogen) atoms. The number of carbonyl (C=O) groups excluding carboxylic acids is 1. The number of hydrogen-bond donors (Lipinski definition) is 0. The number of rotatable bonds is 4. The lowest BCUT2D eigenvalue weighted by atomic mass is 9.97. The monoisotopic (exact) mass is 309 g/mol. The first-order valence-electron chi connectivity index (χ1n) is 8.32. The largest absolute Gasteiger partial charge is 0.364 e. The SMILES string of the molecule is Cc1ccccc1C(=O)ON1CCCCC1Cc1ccccc1. The van der Waals surface area contributed by atoms with Crippen LogP contribution >= 0.6 is 0 Å². The van der Waals surface area contributed by atoms with Gasteiger partial charge in [0.1, 0.15) is 0 Å². The number of hydrogen-bond acceptors (Lipinski definition) is 3. The highest BCUT2D eigenvalue weighted by Gasteiger charge is 2.26. The Morgan fingerprint density at radius 1 is 1.09 bits per heavy atom. The molecule has 0 radical (unpaired) electrons. The molecule has 0 bridgehead atoms. The number of piperidine rings is 1.